The summed E-state index contributed by atoms with van der Waals surface area (Å²) in [5.41, 5.74) is 0.853. The molecule has 4 unspecified atom stereocenters. The van der Waals surface area contributed by atoms with Gasteiger partial charge in [-0.3, -0.25) is 0 Å². The van der Waals surface area contributed by atoms with Gasteiger partial charge in [-0.25, -0.2) is 0 Å². The molecule has 0 aromatic rings. The number of aliphatic hydroxyl groups is 2. The molecule has 0 aromatic heterocycles. The van der Waals surface area contributed by atoms with Crippen molar-refractivity contribution in [3.63, 3.8) is 0 Å². The minimum atomic E-state index is -0.0762. The number of hydrogen-bond acceptors (Lipinski definition) is 2. The van der Waals surface area contributed by atoms with E-state index in [0.717, 1.165) is 30.6 Å². The fourth-order valence-electron chi connectivity index (χ4n) is 9.42. The first-order valence-electron chi connectivity index (χ1n) is 12.2. The van der Waals surface area contributed by atoms with Gasteiger partial charge in [0, 0.05) is 6.61 Å². The van der Waals surface area contributed by atoms with Crippen molar-refractivity contribution in [2.24, 2.45) is 52.3 Å². The second-order valence-electron chi connectivity index (χ2n) is 11.4. The Morgan fingerprint density at radius 1 is 0.926 bits per heavy atom. The van der Waals surface area contributed by atoms with Crippen LogP contribution in [0.1, 0.15) is 91.9 Å². The summed E-state index contributed by atoms with van der Waals surface area (Å²) in [4.78, 5) is 0. The Morgan fingerprint density at radius 3 is 2.37 bits per heavy atom. The number of hydrogen-bond donors (Lipinski definition) is 2. The zero-order valence-electron chi connectivity index (χ0n) is 18.3. The zero-order chi connectivity index (χ0) is 19.4. The van der Waals surface area contributed by atoms with E-state index < -0.39 is 0 Å². The van der Waals surface area contributed by atoms with Crippen LogP contribution in [0.25, 0.3) is 0 Å². The molecule has 0 heterocycles. The molecule has 0 amide bonds. The topological polar surface area (TPSA) is 40.5 Å². The SMILES string of the molecule is CC[C@H]1[C@@H](O)C2C3CC[C@H]([C@H](C)CCO)C3(C)CCC2[C@@]2(C)CCCC[C@@H]12. The predicted octanol–water partition coefficient (Wildman–Crippen LogP) is 5.66. The largest absolute Gasteiger partial charge is 0.396 e. The smallest absolute Gasteiger partial charge is 0.0605 e. The summed E-state index contributed by atoms with van der Waals surface area (Å²) in [5.74, 6) is 4.59. The van der Waals surface area contributed by atoms with Crippen LogP contribution >= 0.6 is 0 Å². The van der Waals surface area contributed by atoms with E-state index in [1.165, 1.54) is 51.4 Å². The molecule has 2 nitrogen and oxygen atoms in total. The maximum atomic E-state index is 11.7. The van der Waals surface area contributed by atoms with Gasteiger partial charge in [-0.15, -0.1) is 0 Å². The molecular weight excluding hydrogens is 332 g/mol. The zero-order valence-corrected chi connectivity index (χ0v) is 18.3. The summed E-state index contributed by atoms with van der Waals surface area (Å²) < 4.78 is 0. The second kappa shape index (κ2) is 7.31. The van der Waals surface area contributed by atoms with Crippen LogP contribution < -0.4 is 0 Å². The Labute approximate surface area is 167 Å². The quantitative estimate of drug-likeness (QED) is 0.664. The van der Waals surface area contributed by atoms with Crippen molar-refractivity contribution in [1.29, 1.82) is 0 Å². The molecule has 0 spiro atoms. The fraction of sp³-hybridized carbons (Fsp3) is 1.00. The third kappa shape index (κ3) is 2.87. The van der Waals surface area contributed by atoms with Crippen molar-refractivity contribution >= 4 is 0 Å². The first kappa shape index (κ1) is 20.2. The van der Waals surface area contributed by atoms with Gasteiger partial charge in [0.15, 0.2) is 0 Å². The predicted molar refractivity (Wildman–Crippen MR) is 111 cm³/mol. The minimum absolute atomic E-state index is 0.0762. The maximum absolute atomic E-state index is 11.7. The molecule has 27 heavy (non-hydrogen) atoms. The van der Waals surface area contributed by atoms with Gasteiger partial charge >= 0.3 is 0 Å². The van der Waals surface area contributed by atoms with Gasteiger partial charge in [-0.2, -0.15) is 0 Å². The summed E-state index contributed by atoms with van der Waals surface area (Å²) in [5, 5.41) is 21.2. The van der Waals surface area contributed by atoms with Gasteiger partial charge < -0.3 is 10.2 Å². The van der Waals surface area contributed by atoms with Crippen molar-refractivity contribution in [3.8, 4) is 0 Å². The second-order valence-corrected chi connectivity index (χ2v) is 11.4. The third-order valence-electron chi connectivity index (χ3n) is 10.7. The lowest BCUT2D eigenvalue weighted by Gasteiger charge is -2.64. The van der Waals surface area contributed by atoms with Gasteiger partial charge in [0.2, 0.25) is 0 Å². The Kier molecular flexibility index (Phi) is 5.47. The van der Waals surface area contributed by atoms with Crippen molar-refractivity contribution in [3.05, 3.63) is 0 Å². The standard InChI is InChI=1S/C25H44O2/c1-5-17-19-8-6-7-13-24(19,3)21-11-14-25(4)18(16(2)12-15-26)9-10-20(25)22(21)23(17)27/h16-23,26-27H,5-15H2,1-4H3/t16-,17-,18-,19+,20?,21?,22?,23-,24+,25?/m1/s1. The summed E-state index contributed by atoms with van der Waals surface area (Å²) in [6, 6.07) is 0. The minimum Gasteiger partial charge on any atom is -0.396 e. The Bertz CT molecular complexity index is 532. The van der Waals surface area contributed by atoms with Crippen molar-refractivity contribution in [2.45, 2.75) is 98.0 Å². The Balaban J connectivity index is 1.67. The fourth-order valence-corrected chi connectivity index (χ4v) is 9.42. The van der Waals surface area contributed by atoms with Crippen molar-refractivity contribution < 1.29 is 10.2 Å². The molecule has 2 N–H and O–H groups in total. The number of aliphatic hydroxyl groups excluding tert-OH is 2. The highest BCUT2D eigenvalue weighted by Gasteiger charge is 2.64. The molecule has 0 saturated heterocycles. The molecule has 2 heteroatoms. The molecule has 10 atom stereocenters. The molecule has 4 aliphatic rings. The summed E-state index contributed by atoms with van der Waals surface area (Å²) in [6.07, 6.45) is 12.9. The molecule has 4 fully saturated rings. The van der Waals surface area contributed by atoms with Crippen LogP contribution in [0.3, 0.4) is 0 Å². The van der Waals surface area contributed by atoms with Crippen LogP contribution in [-0.2, 0) is 0 Å². The Morgan fingerprint density at radius 2 is 1.67 bits per heavy atom. The Hall–Kier alpha value is -0.0800. The lowest BCUT2D eigenvalue weighted by atomic mass is 9.41. The number of rotatable bonds is 4. The maximum Gasteiger partial charge on any atom is 0.0605 e. The lowest BCUT2D eigenvalue weighted by Crippen LogP contribution is -2.61. The van der Waals surface area contributed by atoms with E-state index in [-0.39, 0.29) is 6.10 Å². The van der Waals surface area contributed by atoms with Gasteiger partial charge in [0.1, 0.15) is 0 Å². The van der Waals surface area contributed by atoms with E-state index in [9.17, 15) is 10.2 Å². The van der Waals surface area contributed by atoms with Gasteiger partial charge in [-0.1, -0.05) is 47.0 Å². The van der Waals surface area contributed by atoms with Crippen molar-refractivity contribution in [1.82, 2.24) is 0 Å². The van der Waals surface area contributed by atoms with Crippen LogP contribution in [0.4, 0.5) is 0 Å². The van der Waals surface area contributed by atoms with Gasteiger partial charge in [0.25, 0.3) is 0 Å². The summed E-state index contributed by atoms with van der Waals surface area (Å²) in [7, 11) is 0. The molecule has 0 radical (unpaired) electrons. The molecule has 0 bridgehead atoms. The molecule has 4 aliphatic carbocycles. The molecule has 0 aromatic carbocycles. The molecule has 4 rings (SSSR count). The first-order valence-corrected chi connectivity index (χ1v) is 12.2. The lowest BCUT2D eigenvalue weighted by molar-refractivity contribution is -0.194. The normalized spacial score (nSPS) is 53.3. The molecule has 0 aliphatic heterocycles. The third-order valence-corrected chi connectivity index (χ3v) is 10.7. The van der Waals surface area contributed by atoms with Crippen molar-refractivity contribution in [2.75, 3.05) is 6.61 Å². The molecule has 156 valence electrons. The average Bonchev–Trinajstić information content (AvgIpc) is 3.00. The van der Waals surface area contributed by atoms with E-state index in [0.29, 0.717) is 41.1 Å². The first-order chi connectivity index (χ1) is 12.9. The van der Waals surface area contributed by atoms with E-state index in [1.807, 2.05) is 0 Å². The summed E-state index contributed by atoms with van der Waals surface area (Å²) in [6.45, 7) is 10.2. The van der Waals surface area contributed by atoms with Crippen LogP contribution in [0, 0.1) is 52.3 Å². The monoisotopic (exact) mass is 376 g/mol. The summed E-state index contributed by atoms with van der Waals surface area (Å²) >= 11 is 0. The van der Waals surface area contributed by atoms with Gasteiger partial charge in [-0.05, 0) is 97.2 Å². The van der Waals surface area contributed by atoms with E-state index >= 15 is 0 Å². The molecule has 4 saturated carbocycles. The van der Waals surface area contributed by atoms with Crippen LogP contribution in [-0.4, -0.2) is 22.9 Å². The highest BCUT2D eigenvalue weighted by molar-refractivity contribution is 5.13. The highest BCUT2D eigenvalue weighted by Crippen LogP contribution is 2.69. The van der Waals surface area contributed by atoms with E-state index in [4.69, 9.17) is 0 Å². The van der Waals surface area contributed by atoms with Crippen LogP contribution in [0.2, 0.25) is 0 Å². The molecular formula is C25H44O2. The highest BCUT2D eigenvalue weighted by atomic mass is 16.3. The van der Waals surface area contributed by atoms with Crippen LogP contribution in [0.15, 0.2) is 0 Å². The number of fused-ring (bicyclic) bond motifs is 5. The van der Waals surface area contributed by atoms with E-state index in [2.05, 4.69) is 27.7 Å². The van der Waals surface area contributed by atoms with Crippen LogP contribution in [0.5, 0.6) is 0 Å². The van der Waals surface area contributed by atoms with E-state index in [1.54, 1.807) is 0 Å². The average molecular weight is 377 g/mol. The van der Waals surface area contributed by atoms with Gasteiger partial charge in [0.05, 0.1) is 6.10 Å².